The van der Waals surface area contributed by atoms with Crippen LogP contribution in [0.1, 0.15) is 78.1 Å². The Bertz CT molecular complexity index is 2270. The van der Waals surface area contributed by atoms with E-state index in [2.05, 4.69) is 23.1 Å². The Balaban J connectivity index is 1.88. The van der Waals surface area contributed by atoms with E-state index >= 15 is 0 Å². The number of aryl methyl sites for hydroxylation is 3. The summed E-state index contributed by atoms with van der Waals surface area (Å²) in [6.07, 6.45) is 4.09. The third kappa shape index (κ3) is 5.70. The Morgan fingerprint density at radius 2 is 1.38 bits per heavy atom. The number of hydrogen-bond acceptors (Lipinski definition) is 4. The van der Waals surface area contributed by atoms with Gasteiger partial charge in [-0.25, -0.2) is 9.97 Å². The van der Waals surface area contributed by atoms with Crippen molar-refractivity contribution >= 4 is 62.4 Å². The molecular formula is C40H38N4O4. The number of carboxylic acid groups (broad SMARTS) is 2. The number of rotatable bonds is 9. The second kappa shape index (κ2) is 12.8. The molecule has 0 unspecified atom stereocenters. The first-order chi connectivity index (χ1) is 23.0. The van der Waals surface area contributed by atoms with Gasteiger partial charge in [0.2, 0.25) is 0 Å². The van der Waals surface area contributed by atoms with E-state index in [-0.39, 0.29) is 25.7 Å². The second-order valence-corrected chi connectivity index (χ2v) is 12.2. The van der Waals surface area contributed by atoms with Crippen LogP contribution in [0.4, 0.5) is 0 Å². The summed E-state index contributed by atoms with van der Waals surface area (Å²) in [5.74, 6) is -1.79. The smallest absolute Gasteiger partial charge is 0.303 e. The quantitative estimate of drug-likeness (QED) is 0.145. The van der Waals surface area contributed by atoms with Crippen molar-refractivity contribution < 1.29 is 19.8 Å². The van der Waals surface area contributed by atoms with Gasteiger partial charge in [0.05, 0.1) is 28.3 Å². The van der Waals surface area contributed by atoms with Crippen molar-refractivity contribution in [3.8, 4) is 11.1 Å². The maximum absolute atomic E-state index is 11.9. The summed E-state index contributed by atoms with van der Waals surface area (Å²) >= 11 is 0. The highest BCUT2D eigenvalue weighted by Gasteiger charge is 2.25. The summed E-state index contributed by atoms with van der Waals surface area (Å²) in [4.78, 5) is 41.3. The molecule has 0 amide bonds. The summed E-state index contributed by atoms with van der Waals surface area (Å²) in [6, 6.07) is 15.9. The average molecular weight is 639 g/mol. The number of hydrogen-bond donors (Lipinski definition) is 4. The number of aromatic nitrogens is 4. The molecule has 2 aliphatic rings. The number of allylic oxidation sites excluding steroid dienone is 5. The molecule has 0 radical (unpaired) electrons. The zero-order valence-electron chi connectivity index (χ0n) is 27.6. The fraction of sp³-hybridized carbons (Fsp3) is 0.200. The van der Waals surface area contributed by atoms with Gasteiger partial charge in [-0.15, -0.1) is 0 Å². The average Bonchev–Trinajstić information content (AvgIpc) is 3.73. The lowest BCUT2D eigenvalue weighted by molar-refractivity contribution is -0.137. The number of aliphatic carboxylic acids is 2. The number of benzene rings is 1. The molecule has 4 N–H and O–H groups in total. The third-order valence-corrected chi connectivity index (χ3v) is 9.42. The molecule has 0 atom stereocenters. The Labute approximate surface area is 279 Å². The van der Waals surface area contributed by atoms with Crippen LogP contribution in [0.2, 0.25) is 0 Å². The minimum absolute atomic E-state index is 0.0594. The molecule has 0 aliphatic carbocycles. The van der Waals surface area contributed by atoms with Gasteiger partial charge in [0, 0.05) is 46.1 Å². The van der Waals surface area contributed by atoms with Gasteiger partial charge < -0.3 is 20.2 Å². The number of carbonyl (C=O) groups is 2. The van der Waals surface area contributed by atoms with Crippen LogP contribution >= 0.6 is 0 Å². The molecule has 4 aromatic rings. The summed E-state index contributed by atoms with van der Waals surface area (Å²) in [6.45, 7) is 16.2. The van der Waals surface area contributed by atoms with Gasteiger partial charge in [0.25, 0.3) is 0 Å². The van der Waals surface area contributed by atoms with Crippen LogP contribution in [-0.4, -0.2) is 42.1 Å². The second-order valence-electron chi connectivity index (χ2n) is 12.2. The van der Waals surface area contributed by atoms with E-state index in [9.17, 15) is 19.8 Å². The minimum Gasteiger partial charge on any atom is -0.481 e. The van der Waals surface area contributed by atoms with Crippen LogP contribution in [0.15, 0.2) is 67.8 Å². The van der Waals surface area contributed by atoms with Crippen LogP contribution < -0.4 is 0 Å². The molecule has 242 valence electrons. The van der Waals surface area contributed by atoms with Gasteiger partial charge >= 0.3 is 11.9 Å². The van der Waals surface area contributed by atoms with Gasteiger partial charge in [-0.3, -0.25) is 9.59 Å². The molecule has 1 aromatic carbocycles. The Morgan fingerprint density at radius 3 is 2.04 bits per heavy atom. The molecular weight excluding hydrogens is 600 g/mol. The first-order valence-corrected chi connectivity index (χ1v) is 16.0. The van der Waals surface area contributed by atoms with E-state index in [1.165, 1.54) is 0 Å². The summed E-state index contributed by atoms with van der Waals surface area (Å²) < 4.78 is 0. The van der Waals surface area contributed by atoms with Crippen molar-refractivity contribution in [2.75, 3.05) is 0 Å². The number of aromatic amines is 2. The van der Waals surface area contributed by atoms with Gasteiger partial charge in [0.15, 0.2) is 0 Å². The maximum atomic E-state index is 11.9. The molecule has 8 nitrogen and oxygen atoms in total. The molecule has 3 aromatic heterocycles. The van der Waals surface area contributed by atoms with Crippen LogP contribution in [0.3, 0.4) is 0 Å². The van der Waals surface area contributed by atoms with Crippen molar-refractivity contribution in [3.63, 3.8) is 0 Å². The zero-order valence-corrected chi connectivity index (χ0v) is 27.6. The Morgan fingerprint density at radius 1 is 0.750 bits per heavy atom. The lowest BCUT2D eigenvalue weighted by Crippen LogP contribution is -2.00. The minimum atomic E-state index is -0.896. The van der Waals surface area contributed by atoms with Crippen molar-refractivity contribution in [1.82, 2.24) is 19.9 Å². The Hall–Kier alpha value is -5.76. The third-order valence-electron chi connectivity index (χ3n) is 9.42. The molecule has 2 aliphatic heterocycles. The van der Waals surface area contributed by atoms with E-state index in [0.717, 1.165) is 94.8 Å². The summed E-state index contributed by atoms with van der Waals surface area (Å²) in [7, 11) is 0. The largest absolute Gasteiger partial charge is 0.481 e. The fourth-order valence-electron chi connectivity index (χ4n) is 6.75. The molecule has 0 spiro atoms. The normalized spacial score (nSPS) is 12.8. The number of H-pyrrole nitrogens is 2. The molecule has 5 heterocycles. The molecule has 0 fully saturated rings. The molecule has 8 bridgehead atoms. The van der Waals surface area contributed by atoms with E-state index in [0.29, 0.717) is 5.69 Å². The van der Waals surface area contributed by atoms with Gasteiger partial charge in [-0.1, -0.05) is 55.6 Å². The van der Waals surface area contributed by atoms with Crippen molar-refractivity contribution in [3.05, 3.63) is 113 Å². The number of nitrogens with one attached hydrogen (secondary N) is 2. The van der Waals surface area contributed by atoms with Gasteiger partial charge in [-0.05, 0) is 97.7 Å². The first kappa shape index (κ1) is 32.2. The monoisotopic (exact) mass is 638 g/mol. The highest BCUT2D eigenvalue weighted by Crippen LogP contribution is 2.42. The molecule has 0 saturated heterocycles. The van der Waals surface area contributed by atoms with E-state index < -0.39 is 11.9 Å². The molecule has 0 saturated carbocycles. The van der Waals surface area contributed by atoms with Crippen LogP contribution in [0, 0.1) is 13.8 Å². The molecule has 48 heavy (non-hydrogen) atoms. The number of carboxylic acids is 2. The zero-order chi connectivity index (χ0) is 34.3. The number of fused-ring (bicyclic) bond motifs is 8. The van der Waals surface area contributed by atoms with E-state index in [4.69, 9.17) is 9.97 Å². The van der Waals surface area contributed by atoms with Crippen molar-refractivity contribution in [1.29, 1.82) is 0 Å². The van der Waals surface area contributed by atoms with Gasteiger partial charge in [0.1, 0.15) is 0 Å². The molecule has 8 heteroatoms. The van der Waals surface area contributed by atoms with Crippen LogP contribution in [-0.2, 0) is 16.0 Å². The number of nitrogens with zero attached hydrogens (tertiary/aromatic N) is 2. The highest BCUT2D eigenvalue weighted by atomic mass is 16.4. The van der Waals surface area contributed by atoms with Crippen LogP contribution in [0.25, 0.3) is 61.6 Å². The highest BCUT2D eigenvalue weighted by molar-refractivity contribution is 6.02. The summed E-state index contributed by atoms with van der Waals surface area (Å²) in [5, 5.41) is 19.5. The SMILES string of the molecule is C=CC1=C(C)c2cc3[nH]c(cc4nc(c(-c5ccccc5)c5[nH]c(cc1n2)c(C)c5CCC(=O)O)C(CCC(=O)O)=C4C)c(C)c3C=C. The van der Waals surface area contributed by atoms with Crippen LogP contribution in [0.5, 0.6) is 0 Å². The van der Waals surface area contributed by atoms with Gasteiger partial charge in [-0.2, -0.15) is 0 Å². The maximum Gasteiger partial charge on any atom is 0.303 e. The van der Waals surface area contributed by atoms with E-state index in [1.807, 2.05) is 88.4 Å². The van der Waals surface area contributed by atoms with Crippen molar-refractivity contribution in [2.45, 2.75) is 53.4 Å². The predicted molar refractivity (Wildman–Crippen MR) is 194 cm³/mol. The molecule has 6 rings (SSSR count). The standard InChI is InChI=1S/C40H38N4O4/c1-7-26-21(3)30-18-32-23(5)28(14-16-36(45)46)39(43-32)38(25-12-10-9-11-13-25)40-29(15-17-37(47)48)24(6)33(44-40)20-35-27(8-2)22(4)31(42-35)19-34(26)41-30/h7-13,18-20,41,44H,1-2,14-17H2,3-6H3,(H,45,46)(H,47,48). The Kier molecular flexibility index (Phi) is 8.58. The fourth-order valence-corrected chi connectivity index (χ4v) is 6.75. The predicted octanol–water partition coefficient (Wildman–Crippen LogP) is 9.17. The first-order valence-electron chi connectivity index (χ1n) is 16.0. The lowest BCUT2D eigenvalue weighted by atomic mass is 9.93. The lowest BCUT2D eigenvalue weighted by Gasteiger charge is -2.11. The van der Waals surface area contributed by atoms with E-state index in [1.54, 1.807) is 0 Å². The topological polar surface area (TPSA) is 132 Å². The summed E-state index contributed by atoms with van der Waals surface area (Å²) in [5.41, 5.74) is 15.2. The van der Waals surface area contributed by atoms with Crippen molar-refractivity contribution in [2.24, 2.45) is 0 Å².